The Bertz CT molecular complexity index is 736. The van der Waals surface area contributed by atoms with Gasteiger partial charge in [-0.15, -0.1) is 0 Å². The molecule has 6 heteroatoms. The minimum absolute atomic E-state index is 0.109. The minimum atomic E-state index is -0.116. The molecule has 1 aliphatic rings. The number of thioether (sulfide) groups is 1. The predicted molar refractivity (Wildman–Crippen MR) is 102 cm³/mol. The molecule has 0 aromatic heterocycles. The van der Waals surface area contributed by atoms with Gasteiger partial charge in [-0.25, -0.2) is 4.79 Å². The first-order valence-electron chi connectivity index (χ1n) is 8.29. The topological polar surface area (TPSA) is 61.4 Å². The van der Waals surface area contributed by atoms with E-state index in [2.05, 4.69) is 22.8 Å². The second-order valence-corrected chi connectivity index (χ2v) is 6.83. The van der Waals surface area contributed by atoms with Crippen LogP contribution in [0.2, 0.25) is 0 Å². The van der Waals surface area contributed by atoms with E-state index in [9.17, 15) is 9.59 Å². The summed E-state index contributed by atoms with van der Waals surface area (Å²) < 4.78 is 0. The van der Waals surface area contributed by atoms with Gasteiger partial charge in [0.1, 0.15) is 0 Å². The maximum atomic E-state index is 12.3. The molecule has 0 atom stereocenters. The van der Waals surface area contributed by atoms with Crippen molar-refractivity contribution in [3.63, 3.8) is 0 Å². The van der Waals surface area contributed by atoms with Crippen molar-refractivity contribution in [3.05, 3.63) is 65.7 Å². The highest BCUT2D eigenvalue weighted by Crippen LogP contribution is 2.18. The molecule has 1 heterocycles. The van der Waals surface area contributed by atoms with E-state index in [0.29, 0.717) is 25.2 Å². The summed E-state index contributed by atoms with van der Waals surface area (Å²) in [5.41, 5.74) is 2.61. The van der Waals surface area contributed by atoms with Gasteiger partial charge in [0, 0.05) is 42.4 Å². The van der Waals surface area contributed by atoms with Crippen molar-refractivity contribution in [1.29, 1.82) is 0 Å². The van der Waals surface area contributed by atoms with Crippen LogP contribution in [0, 0.1) is 0 Å². The highest BCUT2D eigenvalue weighted by atomic mass is 32.2. The van der Waals surface area contributed by atoms with Crippen LogP contribution in [0.1, 0.15) is 15.9 Å². The average Bonchev–Trinajstić information content (AvgIpc) is 3.08. The van der Waals surface area contributed by atoms with Gasteiger partial charge in [0.25, 0.3) is 5.91 Å². The molecule has 1 fully saturated rings. The number of carbonyl (C=O) groups is 2. The van der Waals surface area contributed by atoms with Gasteiger partial charge in [-0.1, -0.05) is 36.4 Å². The fraction of sp³-hybridized carbons (Fsp3) is 0.263. The molecule has 3 amide bonds. The molecule has 25 heavy (non-hydrogen) atoms. The summed E-state index contributed by atoms with van der Waals surface area (Å²) in [4.78, 5) is 25.7. The van der Waals surface area contributed by atoms with Crippen LogP contribution in [0.4, 0.5) is 10.5 Å². The highest BCUT2D eigenvalue weighted by molar-refractivity contribution is 7.98. The van der Waals surface area contributed by atoms with E-state index < -0.39 is 0 Å². The molecule has 130 valence electrons. The van der Waals surface area contributed by atoms with Gasteiger partial charge in [-0.2, -0.15) is 11.8 Å². The number of anilines is 1. The van der Waals surface area contributed by atoms with E-state index in [0.717, 1.165) is 17.2 Å². The molecule has 0 saturated carbocycles. The monoisotopic (exact) mass is 355 g/mol. The van der Waals surface area contributed by atoms with Gasteiger partial charge in [-0.05, 0) is 23.8 Å². The number of hydrogen-bond donors (Lipinski definition) is 2. The van der Waals surface area contributed by atoms with Gasteiger partial charge in [0.15, 0.2) is 0 Å². The molecule has 5 nitrogen and oxygen atoms in total. The lowest BCUT2D eigenvalue weighted by atomic mass is 10.2. The quantitative estimate of drug-likeness (QED) is 0.751. The lowest BCUT2D eigenvalue weighted by Gasteiger charge is -2.15. The zero-order valence-electron chi connectivity index (χ0n) is 13.9. The maximum absolute atomic E-state index is 12.3. The Labute approximate surface area is 151 Å². The number of carbonyl (C=O) groups excluding carboxylic acids is 2. The Balaban J connectivity index is 1.46. The Morgan fingerprint density at radius 3 is 2.76 bits per heavy atom. The molecule has 0 aliphatic carbocycles. The van der Waals surface area contributed by atoms with Crippen LogP contribution in [-0.2, 0) is 5.75 Å². The summed E-state index contributed by atoms with van der Waals surface area (Å²) in [6.45, 7) is 1.87. The summed E-state index contributed by atoms with van der Waals surface area (Å²) in [6.07, 6.45) is 0. The molecule has 0 radical (unpaired) electrons. The molecule has 1 saturated heterocycles. The van der Waals surface area contributed by atoms with Gasteiger partial charge >= 0.3 is 6.03 Å². The SMILES string of the molecule is O=C(NCCSCc1ccccc1)c1cccc(N2CCNC2=O)c1. The number of urea groups is 1. The summed E-state index contributed by atoms with van der Waals surface area (Å²) in [5, 5.41) is 5.70. The molecule has 2 aromatic rings. The third-order valence-electron chi connectivity index (χ3n) is 3.92. The fourth-order valence-corrected chi connectivity index (χ4v) is 3.45. The Kier molecular flexibility index (Phi) is 5.95. The molecule has 0 bridgehead atoms. The van der Waals surface area contributed by atoms with Crippen molar-refractivity contribution in [3.8, 4) is 0 Å². The molecule has 0 unspecified atom stereocenters. The number of hydrogen-bond acceptors (Lipinski definition) is 3. The third-order valence-corrected chi connectivity index (χ3v) is 4.95. The van der Waals surface area contributed by atoms with Crippen molar-refractivity contribution < 1.29 is 9.59 Å². The van der Waals surface area contributed by atoms with E-state index in [1.807, 2.05) is 24.3 Å². The van der Waals surface area contributed by atoms with Crippen molar-refractivity contribution in [1.82, 2.24) is 10.6 Å². The summed E-state index contributed by atoms with van der Waals surface area (Å²) in [7, 11) is 0. The summed E-state index contributed by atoms with van der Waals surface area (Å²) in [6, 6.07) is 17.3. The van der Waals surface area contributed by atoms with Crippen LogP contribution in [0.25, 0.3) is 0 Å². The summed E-state index contributed by atoms with van der Waals surface area (Å²) >= 11 is 1.79. The number of amides is 3. The van der Waals surface area contributed by atoms with E-state index >= 15 is 0 Å². The minimum Gasteiger partial charge on any atom is -0.351 e. The van der Waals surface area contributed by atoms with Crippen molar-refractivity contribution in [2.24, 2.45) is 0 Å². The molecule has 2 N–H and O–H groups in total. The molecular formula is C19H21N3O2S. The number of nitrogens with zero attached hydrogens (tertiary/aromatic N) is 1. The highest BCUT2D eigenvalue weighted by Gasteiger charge is 2.21. The van der Waals surface area contributed by atoms with Crippen LogP contribution in [-0.4, -0.2) is 37.3 Å². The molecule has 0 spiro atoms. The first kappa shape index (κ1) is 17.4. The van der Waals surface area contributed by atoms with Crippen LogP contribution >= 0.6 is 11.8 Å². The molecule has 3 rings (SSSR count). The van der Waals surface area contributed by atoms with E-state index in [1.54, 1.807) is 34.9 Å². The zero-order chi connectivity index (χ0) is 17.5. The Morgan fingerprint density at radius 1 is 1.16 bits per heavy atom. The van der Waals surface area contributed by atoms with Crippen molar-refractivity contribution >= 4 is 29.4 Å². The van der Waals surface area contributed by atoms with Crippen LogP contribution in [0.3, 0.4) is 0 Å². The number of rotatable bonds is 7. The lowest BCUT2D eigenvalue weighted by molar-refractivity contribution is 0.0956. The second kappa shape index (κ2) is 8.58. The van der Waals surface area contributed by atoms with Crippen molar-refractivity contribution in [2.45, 2.75) is 5.75 Å². The Morgan fingerprint density at radius 2 is 2.00 bits per heavy atom. The van der Waals surface area contributed by atoms with E-state index in [4.69, 9.17) is 0 Å². The lowest BCUT2D eigenvalue weighted by Crippen LogP contribution is -2.29. The van der Waals surface area contributed by atoms with Gasteiger partial charge < -0.3 is 10.6 Å². The fourth-order valence-electron chi connectivity index (χ4n) is 2.64. The van der Waals surface area contributed by atoms with Crippen molar-refractivity contribution in [2.75, 3.05) is 30.3 Å². The summed E-state index contributed by atoms with van der Waals surface area (Å²) in [5.74, 6) is 1.69. The average molecular weight is 355 g/mol. The smallest absolute Gasteiger partial charge is 0.321 e. The normalized spacial score (nSPS) is 13.6. The standard InChI is InChI=1S/C19H21N3O2S/c23-18(20-10-12-25-14-15-5-2-1-3-6-15)16-7-4-8-17(13-16)22-11-9-21-19(22)24/h1-8,13H,9-12,14H2,(H,20,23)(H,21,24). The second-order valence-electron chi connectivity index (χ2n) is 5.73. The Hall–Kier alpha value is -2.47. The van der Waals surface area contributed by atoms with E-state index in [1.165, 1.54) is 5.56 Å². The maximum Gasteiger partial charge on any atom is 0.321 e. The first-order valence-corrected chi connectivity index (χ1v) is 9.45. The number of nitrogens with one attached hydrogen (secondary N) is 2. The van der Waals surface area contributed by atoms with Gasteiger partial charge in [-0.3, -0.25) is 9.69 Å². The predicted octanol–water partition coefficient (Wildman–Crippen LogP) is 2.88. The first-order chi connectivity index (χ1) is 12.2. The van der Waals surface area contributed by atoms with Crippen LogP contribution in [0.5, 0.6) is 0 Å². The number of benzene rings is 2. The van der Waals surface area contributed by atoms with Crippen LogP contribution < -0.4 is 15.5 Å². The zero-order valence-corrected chi connectivity index (χ0v) is 14.7. The molecular weight excluding hydrogens is 334 g/mol. The van der Waals surface area contributed by atoms with E-state index in [-0.39, 0.29) is 11.9 Å². The van der Waals surface area contributed by atoms with Crippen LogP contribution in [0.15, 0.2) is 54.6 Å². The van der Waals surface area contributed by atoms with Gasteiger partial charge in [0.2, 0.25) is 0 Å². The third kappa shape index (κ3) is 4.76. The molecule has 1 aliphatic heterocycles. The largest absolute Gasteiger partial charge is 0.351 e. The van der Waals surface area contributed by atoms with Gasteiger partial charge in [0.05, 0.1) is 0 Å². The molecule has 2 aromatic carbocycles.